The van der Waals surface area contributed by atoms with Gasteiger partial charge in [0.2, 0.25) is 0 Å². The van der Waals surface area contributed by atoms with Crippen LogP contribution in [0.2, 0.25) is 0 Å². The Hall–Kier alpha value is -2.03. The highest BCUT2D eigenvalue weighted by Gasteiger charge is 2.00. The van der Waals surface area contributed by atoms with E-state index in [0.717, 1.165) is 18.7 Å². The predicted molar refractivity (Wildman–Crippen MR) is 88.7 cm³/mol. The van der Waals surface area contributed by atoms with Crippen LogP contribution in [-0.2, 0) is 19.5 Å². The molecule has 0 aliphatic heterocycles. The zero-order chi connectivity index (χ0) is 15.2. The van der Waals surface area contributed by atoms with Gasteiger partial charge in [-0.2, -0.15) is 0 Å². The van der Waals surface area contributed by atoms with Crippen LogP contribution < -0.4 is 10.9 Å². The summed E-state index contributed by atoms with van der Waals surface area (Å²) in [6.07, 6.45) is 2.99. The van der Waals surface area contributed by atoms with Crippen molar-refractivity contribution in [2.45, 2.75) is 40.3 Å². The number of pyridine rings is 1. The van der Waals surface area contributed by atoms with E-state index in [-0.39, 0.29) is 5.56 Å². The van der Waals surface area contributed by atoms with Crippen LogP contribution in [0.5, 0.6) is 0 Å². The van der Waals surface area contributed by atoms with Crippen LogP contribution in [0.3, 0.4) is 0 Å². The summed E-state index contributed by atoms with van der Waals surface area (Å²) >= 11 is 0. The third-order valence-electron chi connectivity index (χ3n) is 3.49. The molecule has 0 aliphatic carbocycles. The van der Waals surface area contributed by atoms with E-state index in [2.05, 4.69) is 43.4 Å². The van der Waals surface area contributed by atoms with E-state index < -0.39 is 0 Å². The quantitative estimate of drug-likeness (QED) is 0.878. The summed E-state index contributed by atoms with van der Waals surface area (Å²) < 4.78 is 1.70. The van der Waals surface area contributed by atoms with Crippen molar-refractivity contribution >= 4 is 5.69 Å². The van der Waals surface area contributed by atoms with Gasteiger partial charge in [-0.3, -0.25) is 4.79 Å². The maximum atomic E-state index is 11.5. The van der Waals surface area contributed by atoms with Crippen molar-refractivity contribution < 1.29 is 0 Å². The van der Waals surface area contributed by atoms with Crippen molar-refractivity contribution in [1.82, 2.24) is 4.57 Å². The number of hydrogen-bond donors (Lipinski definition) is 1. The molecule has 0 amide bonds. The van der Waals surface area contributed by atoms with E-state index in [9.17, 15) is 4.79 Å². The van der Waals surface area contributed by atoms with Crippen LogP contribution in [0.1, 0.15) is 31.9 Å². The Bertz CT molecular complexity index is 626. The summed E-state index contributed by atoms with van der Waals surface area (Å²) in [5, 5.41) is 3.36. The lowest BCUT2D eigenvalue weighted by Crippen LogP contribution is -2.17. The number of nitrogens with one attached hydrogen (secondary N) is 1. The molecule has 0 atom stereocenters. The van der Waals surface area contributed by atoms with Gasteiger partial charge in [0.05, 0.1) is 5.69 Å². The first kappa shape index (κ1) is 15.4. The molecule has 1 N–H and O–H groups in total. The zero-order valence-electron chi connectivity index (χ0n) is 13.1. The molecule has 3 heteroatoms. The van der Waals surface area contributed by atoms with E-state index in [1.165, 1.54) is 11.1 Å². The largest absolute Gasteiger partial charge is 0.380 e. The first-order valence-electron chi connectivity index (χ1n) is 7.60. The summed E-state index contributed by atoms with van der Waals surface area (Å²) in [6.45, 7) is 7.90. The van der Waals surface area contributed by atoms with Crippen LogP contribution in [0.15, 0.2) is 47.4 Å². The predicted octanol–water partition coefficient (Wildman–Crippen LogP) is 3.68. The van der Waals surface area contributed by atoms with E-state index in [1.54, 1.807) is 10.6 Å². The van der Waals surface area contributed by atoms with Crippen molar-refractivity contribution in [3.8, 4) is 0 Å². The van der Waals surface area contributed by atoms with Gasteiger partial charge in [0.1, 0.15) is 0 Å². The van der Waals surface area contributed by atoms with Gasteiger partial charge in [-0.05, 0) is 36.5 Å². The second kappa shape index (κ2) is 7.11. The Morgan fingerprint density at radius 1 is 1.05 bits per heavy atom. The number of anilines is 1. The van der Waals surface area contributed by atoms with Gasteiger partial charge in [0.25, 0.3) is 5.56 Å². The molecule has 0 spiro atoms. The molecule has 1 heterocycles. The SMILES string of the molecule is CCn1cc(NCc2ccc(CC(C)C)cc2)ccc1=O. The number of nitrogens with zero attached hydrogens (tertiary/aromatic N) is 1. The first-order valence-corrected chi connectivity index (χ1v) is 7.60. The number of benzene rings is 1. The summed E-state index contributed by atoms with van der Waals surface area (Å²) in [5.74, 6) is 0.684. The van der Waals surface area contributed by atoms with E-state index in [4.69, 9.17) is 0 Å². The molecular weight excluding hydrogens is 260 g/mol. The van der Waals surface area contributed by atoms with E-state index in [1.807, 2.05) is 19.2 Å². The van der Waals surface area contributed by atoms with Crippen LogP contribution in [0.4, 0.5) is 5.69 Å². The molecule has 2 aromatic rings. The lowest BCUT2D eigenvalue weighted by molar-refractivity contribution is 0.647. The monoisotopic (exact) mass is 284 g/mol. The highest BCUT2D eigenvalue weighted by molar-refractivity contribution is 5.41. The van der Waals surface area contributed by atoms with Gasteiger partial charge in [0.15, 0.2) is 0 Å². The van der Waals surface area contributed by atoms with Gasteiger partial charge in [-0.1, -0.05) is 38.1 Å². The van der Waals surface area contributed by atoms with E-state index in [0.29, 0.717) is 12.5 Å². The zero-order valence-corrected chi connectivity index (χ0v) is 13.1. The van der Waals surface area contributed by atoms with Gasteiger partial charge < -0.3 is 9.88 Å². The Balaban J connectivity index is 1.98. The second-order valence-corrected chi connectivity index (χ2v) is 5.81. The highest BCUT2D eigenvalue weighted by atomic mass is 16.1. The number of hydrogen-bond acceptors (Lipinski definition) is 2. The number of aryl methyl sites for hydroxylation is 1. The Labute approximate surface area is 126 Å². The average Bonchev–Trinajstić information content (AvgIpc) is 2.47. The molecule has 0 unspecified atom stereocenters. The fraction of sp³-hybridized carbons (Fsp3) is 0.389. The molecule has 0 saturated heterocycles. The van der Waals surface area contributed by atoms with Crippen LogP contribution in [0, 0.1) is 5.92 Å². The van der Waals surface area contributed by atoms with Crippen LogP contribution in [0.25, 0.3) is 0 Å². The molecule has 112 valence electrons. The van der Waals surface area contributed by atoms with Crippen molar-refractivity contribution in [2.75, 3.05) is 5.32 Å². The van der Waals surface area contributed by atoms with Crippen molar-refractivity contribution in [2.24, 2.45) is 5.92 Å². The standard InChI is InChI=1S/C18H24N2O/c1-4-20-13-17(9-10-18(20)21)19-12-16-7-5-15(6-8-16)11-14(2)3/h5-10,13-14,19H,4,11-12H2,1-3H3. The van der Waals surface area contributed by atoms with Crippen molar-refractivity contribution in [3.63, 3.8) is 0 Å². The summed E-state index contributed by atoms with van der Waals surface area (Å²) in [5.41, 5.74) is 3.65. The molecule has 0 bridgehead atoms. The minimum Gasteiger partial charge on any atom is -0.380 e. The maximum Gasteiger partial charge on any atom is 0.250 e. The summed E-state index contributed by atoms with van der Waals surface area (Å²) in [6, 6.07) is 12.2. The first-order chi connectivity index (χ1) is 10.1. The van der Waals surface area contributed by atoms with Crippen LogP contribution in [-0.4, -0.2) is 4.57 Å². The highest BCUT2D eigenvalue weighted by Crippen LogP contribution is 2.11. The molecule has 21 heavy (non-hydrogen) atoms. The summed E-state index contributed by atoms with van der Waals surface area (Å²) in [7, 11) is 0. The summed E-state index contributed by atoms with van der Waals surface area (Å²) in [4.78, 5) is 11.5. The smallest absolute Gasteiger partial charge is 0.250 e. The minimum absolute atomic E-state index is 0.0427. The van der Waals surface area contributed by atoms with Gasteiger partial charge in [-0.15, -0.1) is 0 Å². The fourth-order valence-corrected chi connectivity index (χ4v) is 2.35. The molecule has 0 aliphatic rings. The Morgan fingerprint density at radius 2 is 1.71 bits per heavy atom. The molecule has 1 aromatic carbocycles. The normalized spacial score (nSPS) is 10.9. The fourth-order valence-electron chi connectivity index (χ4n) is 2.35. The lowest BCUT2D eigenvalue weighted by Gasteiger charge is -2.10. The third-order valence-corrected chi connectivity index (χ3v) is 3.49. The molecule has 2 rings (SSSR count). The Morgan fingerprint density at radius 3 is 2.33 bits per heavy atom. The minimum atomic E-state index is 0.0427. The average molecular weight is 284 g/mol. The third kappa shape index (κ3) is 4.48. The van der Waals surface area contributed by atoms with Gasteiger partial charge in [0, 0.05) is 25.4 Å². The number of rotatable bonds is 6. The van der Waals surface area contributed by atoms with Crippen molar-refractivity contribution in [1.29, 1.82) is 0 Å². The van der Waals surface area contributed by atoms with Crippen molar-refractivity contribution in [3.05, 3.63) is 64.1 Å². The molecule has 3 nitrogen and oxygen atoms in total. The molecular formula is C18H24N2O. The Kier molecular flexibility index (Phi) is 5.20. The van der Waals surface area contributed by atoms with Gasteiger partial charge in [-0.25, -0.2) is 0 Å². The van der Waals surface area contributed by atoms with E-state index >= 15 is 0 Å². The molecule has 0 saturated carbocycles. The topological polar surface area (TPSA) is 34.0 Å². The van der Waals surface area contributed by atoms with Crippen LogP contribution >= 0.6 is 0 Å². The molecule has 0 fully saturated rings. The molecule has 1 aromatic heterocycles. The second-order valence-electron chi connectivity index (χ2n) is 5.81. The maximum absolute atomic E-state index is 11.5. The molecule has 0 radical (unpaired) electrons. The number of aromatic nitrogens is 1. The lowest BCUT2D eigenvalue weighted by atomic mass is 10.0. The van der Waals surface area contributed by atoms with Gasteiger partial charge >= 0.3 is 0 Å².